The summed E-state index contributed by atoms with van der Waals surface area (Å²) in [4.78, 5) is 172. The van der Waals surface area contributed by atoms with Gasteiger partial charge in [0, 0.05) is 50.0 Å². The lowest BCUT2D eigenvalue weighted by Crippen LogP contribution is -2.61. The molecule has 23 N–H and O–H groups in total. The highest BCUT2D eigenvalue weighted by molar-refractivity contribution is 6.01. The number of hydrogen-bond donors (Lipinski definition) is 17. The molecule has 0 unspecified atom stereocenters. The molecule has 0 spiro atoms. The summed E-state index contributed by atoms with van der Waals surface area (Å²) in [5.74, 6) is -12.3. The van der Waals surface area contributed by atoms with Gasteiger partial charge in [0.2, 0.25) is 70.9 Å². The Morgan fingerprint density at radius 1 is 0.537 bits per heavy atom. The quantitative estimate of drug-likeness (QED) is 0.00599. The van der Waals surface area contributed by atoms with Gasteiger partial charge in [-0.1, -0.05) is 105 Å². The van der Waals surface area contributed by atoms with Gasteiger partial charge in [-0.25, -0.2) is 0 Å². The van der Waals surface area contributed by atoms with Crippen LogP contribution in [0.2, 0.25) is 0 Å². The topological polar surface area (TPSA) is 529 Å². The summed E-state index contributed by atoms with van der Waals surface area (Å²) in [5.41, 5.74) is 36.8. The van der Waals surface area contributed by atoms with Crippen molar-refractivity contribution in [3.05, 3.63) is 138 Å². The molecular formula is C64H85N17O14. The third-order valence-corrected chi connectivity index (χ3v) is 14.9. The lowest BCUT2D eigenvalue weighted by Gasteiger charge is -2.32. The maximum absolute atomic E-state index is 14.5. The third kappa shape index (κ3) is 24.9. The predicted molar refractivity (Wildman–Crippen MR) is 348 cm³/mol. The summed E-state index contributed by atoms with van der Waals surface area (Å²) in [7, 11) is 1.34. The van der Waals surface area contributed by atoms with Crippen molar-refractivity contribution in [2.24, 2.45) is 45.3 Å². The van der Waals surface area contributed by atoms with Gasteiger partial charge in [0.25, 0.3) is 0 Å². The van der Waals surface area contributed by atoms with Crippen LogP contribution in [0.15, 0.2) is 120 Å². The van der Waals surface area contributed by atoms with Gasteiger partial charge in [0.05, 0.1) is 25.5 Å². The number of aromatic amines is 1. The SMILES string of the molecule is CC(C)C[C@H](NC(=O)CC(=O)N[C@@H](Cc1ccccc1)NC(=O)[C@H](CO)NC(=O)[C@H](CC(N)=O)NC(=O)[C@H](Cc1c[nH]c2ccccc12)NC(=O)[C@H](CC(N)=O)NC(=O)[C@H](N)Cc1ccc(O)cc1)C(=O)N(C)[C@@H](CCCN=C(N)N)C(=O)N[C@@H](Cc1ccccc1)C(N)=O. The fourth-order valence-electron chi connectivity index (χ4n) is 10.1. The van der Waals surface area contributed by atoms with Gasteiger partial charge in [0.1, 0.15) is 60.6 Å². The number of carbonyl (C=O) groups is 12. The molecular weight excluding hydrogens is 1230 g/mol. The zero-order valence-electron chi connectivity index (χ0n) is 52.9. The number of H-pyrrole nitrogens is 1. The first-order valence-corrected chi connectivity index (χ1v) is 30.5. The molecule has 12 amide bonds. The molecule has 95 heavy (non-hydrogen) atoms. The Labute approximate surface area is 547 Å². The number of phenolic OH excluding ortho intramolecular Hbond substituents is 1. The normalized spacial score (nSPS) is 13.9. The second-order valence-corrected chi connectivity index (χ2v) is 23.1. The average Bonchev–Trinajstić information content (AvgIpc) is 1.78. The molecule has 5 aromatic rings. The molecule has 0 bridgehead atoms. The minimum absolute atomic E-state index is 0.00372. The molecule has 0 saturated heterocycles. The number of aromatic nitrogens is 1. The van der Waals surface area contributed by atoms with Crippen LogP contribution in [-0.2, 0) is 83.2 Å². The van der Waals surface area contributed by atoms with Crippen LogP contribution >= 0.6 is 0 Å². The molecule has 31 heteroatoms. The van der Waals surface area contributed by atoms with E-state index in [0.717, 1.165) is 4.90 Å². The van der Waals surface area contributed by atoms with Crippen LogP contribution in [0.25, 0.3) is 10.9 Å². The van der Waals surface area contributed by atoms with E-state index in [2.05, 4.69) is 52.5 Å². The number of primary amides is 3. The van der Waals surface area contributed by atoms with E-state index in [9.17, 15) is 67.7 Å². The first kappa shape index (κ1) is 74.8. The molecule has 0 saturated carbocycles. The average molecular weight is 1320 g/mol. The standard InChI is InChI=1S/C64H85N17O14/c1-35(2)25-48(63(95)81(3)50(19-12-24-71-64(69)70)62(94)74-44(56(68)88)27-36-13-6-4-7-14-36)73-54(86)32-55(87)79-53(28-37-15-8-5-9-16-37)80-61(93)49(34-82)78-60(92)47(31-52(67)85)77-58(90)45(29-39-33-72-43-18-11-10-17-41(39)43)76-59(91)46(30-51(66)84)75-57(89)42(65)26-38-20-22-40(83)23-21-38/h4-11,13-18,20-23,33,35,42,44-50,53,72,82-83H,12,19,24-32,34,65H2,1-3H3,(H2,66,84)(H2,67,85)(H2,68,88)(H,73,86)(H,74,94)(H,75,89)(H,76,91)(H,77,90)(H,78,92)(H,79,87)(H,80,93)(H4,69,70,71)/t42-,44+,45+,46+,47+,48+,49+,50+,53-/m1/s1. The number of aliphatic imine (C=N–C) groups is 1. The van der Waals surface area contributed by atoms with Crippen LogP contribution < -0.4 is 76.9 Å². The number of nitrogens with one attached hydrogen (secondary N) is 9. The largest absolute Gasteiger partial charge is 0.508 e. The summed E-state index contributed by atoms with van der Waals surface area (Å²) in [6, 6.07) is 17.7. The second-order valence-electron chi connectivity index (χ2n) is 23.1. The maximum atomic E-state index is 14.5. The number of benzene rings is 4. The molecule has 0 aliphatic rings. The number of aliphatic hydroxyl groups is 1. The van der Waals surface area contributed by atoms with Crippen LogP contribution in [0.5, 0.6) is 5.75 Å². The van der Waals surface area contributed by atoms with Crippen molar-refractivity contribution in [3.63, 3.8) is 0 Å². The van der Waals surface area contributed by atoms with Crippen molar-refractivity contribution in [3.8, 4) is 5.75 Å². The molecule has 0 fully saturated rings. The fourth-order valence-corrected chi connectivity index (χ4v) is 10.1. The van der Waals surface area contributed by atoms with Gasteiger partial charge in [0.15, 0.2) is 5.96 Å². The Hall–Kier alpha value is -11.0. The van der Waals surface area contributed by atoms with Gasteiger partial charge in [-0.2, -0.15) is 0 Å². The summed E-state index contributed by atoms with van der Waals surface area (Å²) in [5, 5.41) is 40.8. The molecule has 0 aliphatic heterocycles. The third-order valence-electron chi connectivity index (χ3n) is 14.9. The van der Waals surface area contributed by atoms with Crippen LogP contribution in [0.1, 0.15) is 74.6 Å². The monoisotopic (exact) mass is 1320 g/mol. The summed E-state index contributed by atoms with van der Waals surface area (Å²) in [6.07, 6.45) is -2.62. The van der Waals surface area contributed by atoms with Crippen molar-refractivity contribution in [1.82, 2.24) is 52.4 Å². The Balaban J connectivity index is 1.32. The molecule has 4 aromatic carbocycles. The number of carbonyl (C=O) groups excluding carboxylic acids is 12. The van der Waals surface area contributed by atoms with Crippen molar-refractivity contribution in [1.29, 1.82) is 0 Å². The van der Waals surface area contributed by atoms with E-state index in [1.807, 2.05) is 0 Å². The molecule has 0 aliphatic carbocycles. The summed E-state index contributed by atoms with van der Waals surface area (Å²) >= 11 is 0. The lowest BCUT2D eigenvalue weighted by atomic mass is 10.00. The predicted octanol–water partition coefficient (Wildman–Crippen LogP) is -3.52. The van der Waals surface area contributed by atoms with Gasteiger partial charge in [-0.15, -0.1) is 0 Å². The van der Waals surface area contributed by atoms with Gasteiger partial charge < -0.3 is 97.0 Å². The number of para-hydroxylation sites is 1. The van der Waals surface area contributed by atoms with E-state index in [-0.39, 0.29) is 69.1 Å². The van der Waals surface area contributed by atoms with E-state index in [1.54, 1.807) is 105 Å². The number of aliphatic hydroxyl groups excluding tert-OH is 1. The number of aromatic hydroxyl groups is 1. The van der Waals surface area contributed by atoms with Crippen LogP contribution in [0.4, 0.5) is 0 Å². The van der Waals surface area contributed by atoms with E-state index in [4.69, 9.17) is 34.4 Å². The number of rotatable bonds is 38. The van der Waals surface area contributed by atoms with E-state index >= 15 is 0 Å². The van der Waals surface area contributed by atoms with E-state index in [0.29, 0.717) is 33.2 Å². The number of nitrogens with zero attached hydrogens (tertiary/aromatic N) is 2. The Morgan fingerprint density at radius 2 is 1.04 bits per heavy atom. The molecule has 510 valence electrons. The first-order valence-electron chi connectivity index (χ1n) is 30.5. The fraction of sp³-hybridized carbons (Fsp3) is 0.391. The highest BCUT2D eigenvalue weighted by Crippen LogP contribution is 2.21. The van der Waals surface area contributed by atoms with Crippen molar-refractivity contribution in [2.45, 2.75) is 133 Å². The van der Waals surface area contributed by atoms with E-state index < -0.39 is 151 Å². The Kier molecular flexibility index (Phi) is 29.1. The molecule has 1 aromatic heterocycles. The Morgan fingerprint density at radius 3 is 1.61 bits per heavy atom. The number of likely N-dealkylation sites (N-methyl/N-ethyl adjacent to an activating group) is 1. The van der Waals surface area contributed by atoms with Crippen LogP contribution in [-0.4, -0.2) is 172 Å². The second kappa shape index (κ2) is 36.9. The number of amides is 12. The summed E-state index contributed by atoms with van der Waals surface area (Å²) < 4.78 is 0. The van der Waals surface area contributed by atoms with Gasteiger partial charge in [-0.05, 0) is 72.1 Å². The first-order chi connectivity index (χ1) is 45.1. The summed E-state index contributed by atoms with van der Waals surface area (Å²) in [6.45, 7) is 2.52. The molecule has 1 heterocycles. The number of hydrogen-bond acceptors (Lipinski definition) is 16. The zero-order valence-corrected chi connectivity index (χ0v) is 52.9. The number of nitrogens with two attached hydrogens (primary N) is 6. The highest BCUT2D eigenvalue weighted by Gasteiger charge is 2.37. The van der Waals surface area contributed by atoms with Crippen molar-refractivity contribution in [2.75, 3.05) is 20.2 Å². The number of guanidine groups is 1. The highest BCUT2D eigenvalue weighted by atomic mass is 16.3. The van der Waals surface area contributed by atoms with Gasteiger partial charge in [-0.3, -0.25) is 62.5 Å². The van der Waals surface area contributed by atoms with Crippen LogP contribution in [0, 0.1) is 5.92 Å². The van der Waals surface area contributed by atoms with Crippen LogP contribution in [0.3, 0.4) is 0 Å². The molecule has 31 nitrogen and oxygen atoms in total. The number of fused-ring (bicyclic) bond motifs is 1. The molecule has 5 rings (SSSR count). The van der Waals surface area contributed by atoms with Crippen molar-refractivity contribution < 1.29 is 67.7 Å². The molecule has 9 atom stereocenters. The minimum atomic E-state index is -1.90. The minimum Gasteiger partial charge on any atom is -0.508 e. The lowest BCUT2D eigenvalue weighted by molar-refractivity contribution is -0.143. The van der Waals surface area contributed by atoms with E-state index in [1.165, 1.54) is 31.3 Å². The zero-order chi connectivity index (χ0) is 69.9. The molecule has 0 radical (unpaired) electrons. The van der Waals surface area contributed by atoms with Gasteiger partial charge >= 0.3 is 0 Å². The number of phenols is 1. The smallest absolute Gasteiger partial charge is 0.246 e. The maximum Gasteiger partial charge on any atom is 0.246 e. The Bertz CT molecular complexity index is 3510. The van der Waals surface area contributed by atoms with Crippen molar-refractivity contribution >= 4 is 87.7 Å².